The van der Waals surface area contributed by atoms with E-state index in [1.165, 1.54) is 0 Å². The van der Waals surface area contributed by atoms with Crippen molar-refractivity contribution in [1.29, 1.82) is 0 Å². The second-order valence-corrected chi connectivity index (χ2v) is 9.23. The highest BCUT2D eigenvalue weighted by molar-refractivity contribution is 5.79. The van der Waals surface area contributed by atoms with Crippen LogP contribution in [0.25, 0.3) is 28.4 Å². The van der Waals surface area contributed by atoms with Gasteiger partial charge in [-0.15, -0.1) is 0 Å². The van der Waals surface area contributed by atoms with Gasteiger partial charge in [-0.25, -0.2) is 19.7 Å². The lowest BCUT2D eigenvalue weighted by molar-refractivity contribution is 0.0527. The topological polar surface area (TPSA) is 106 Å². The smallest absolute Gasteiger partial charge is 0.407 e. The summed E-state index contributed by atoms with van der Waals surface area (Å²) < 4.78 is 7.27. The predicted molar refractivity (Wildman–Crippen MR) is 136 cm³/mol. The molecule has 0 radical (unpaired) electrons. The Hall–Kier alpha value is -4.01. The van der Waals surface area contributed by atoms with Crippen molar-refractivity contribution in [2.75, 3.05) is 18.4 Å². The highest BCUT2D eigenvalue weighted by Gasteiger charge is 2.19. The minimum atomic E-state index is -0.496. The van der Waals surface area contributed by atoms with Gasteiger partial charge in [-0.2, -0.15) is 0 Å². The molecule has 0 aliphatic heterocycles. The van der Waals surface area contributed by atoms with Crippen molar-refractivity contribution >= 4 is 17.7 Å². The molecule has 4 heterocycles. The van der Waals surface area contributed by atoms with Crippen molar-refractivity contribution in [2.24, 2.45) is 0 Å². The summed E-state index contributed by atoms with van der Waals surface area (Å²) in [6.07, 6.45) is 4.97. The first-order chi connectivity index (χ1) is 16.8. The normalized spacial score (nSPS) is 11.4. The molecule has 182 valence electrons. The summed E-state index contributed by atoms with van der Waals surface area (Å²) in [7, 11) is 0. The number of nitrogens with one attached hydrogen (secondary N) is 2. The molecule has 0 bridgehead atoms. The van der Waals surface area contributed by atoms with E-state index in [9.17, 15) is 4.79 Å². The van der Waals surface area contributed by atoms with E-state index in [1.54, 1.807) is 6.20 Å². The molecule has 2 N–H and O–H groups in total. The number of alkyl carbamates (subject to hydrolysis) is 1. The Morgan fingerprint density at radius 1 is 0.971 bits per heavy atom. The van der Waals surface area contributed by atoms with E-state index in [0.29, 0.717) is 19.0 Å². The van der Waals surface area contributed by atoms with Gasteiger partial charge in [-0.05, 0) is 70.9 Å². The zero-order valence-corrected chi connectivity index (χ0v) is 20.6. The number of carbonyl (C=O) groups excluding carboxylic acids is 1. The standard InChI is InChI=1S/C26H31N7O2/c1-18-10-9-11-19(30-18)22-23(33-17-8-5-12-21(33)32-22)20-13-16-28-24(31-20)27-14-6-7-15-29-25(34)35-26(2,3)4/h5,8-13,16-17H,6-7,14-15H2,1-4H3,(H,29,34)(H,27,28,31). The van der Waals surface area contributed by atoms with Crippen molar-refractivity contribution < 1.29 is 9.53 Å². The molecule has 9 heteroatoms. The van der Waals surface area contributed by atoms with Gasteiger partial charge in [0.05, 0.1) is 11.4 Å². The third-order valence-electron chi connectivity index (χ3n) is 5.11. The molecular formula is C26H31N7O2. The monoisotopic (exact) mass is 473 g/mol. The van der Waals surface area contributed by atoms with E-state index in [0.717, 1.165) is 47.0 Å². The van der Waals surface area contributed by atoms with Gasteiger partial charge in [0.15, 0.2) is 0 Å². The number of nitrogens with zero attached hydrogens (tertiary/aromatic N) is 5. The van der Waals surface area contributed by atoms with Gasteiger partial charge in [0.1, 0.15) is 22.6 Å². The van der Waals surface area contributed by atoms with Crippen LogP contribution in [0.4, 0.5) is 10.7 Å². The molecule has 0 aliphatic rings. The molecule has 0 fully saturated rings. The van der Waals surface area contributed by atoms with Gasteiger partial charge < -0.3 is 15.4 Å². The second kappa shape index (κ2) is 10.5. The third-order valence-corrected chi connectivity index (χ3v) is 5.11. The number of fused-ring (bicyclic) bond motifs is 1. The maximum Gasteiger partial charge on any atom is 0.407 e. The summed E-state index contributed by atoms with van der Waals surface area (Å²) in [6, 6.07) is 13.7. The van der Waals surface area contributed by atoms with Gasteiger partial charge in [0, 0.05) is 31.2 Å². The van der Waals surface area contributed by atoms with Crippen LogP contribution in [0.3, 0.4) is 0 Å². The summed E-state index contributed by atoms with van der Waals surface area (Å²) >= 11 is 0. The van der Waals surface area contributed by atoms with Crippen LogP contribution in [0.5, 0.6) is 0 Å². The zero-order valence-electron chi connectivity index (χ0n) is 20.6. The van der Waals surface area contributed by atoms with E-state index >= 15 is 0 Å². The van der Waals surface area contributed by atoms with Gasteiger partial charge in [-0.1, -0.05) is 12.1 Å². The highest BCUT2D eigenvalue weighted by atomic mass is 16.6. The quantitative estimate of drug-likeness (QED) is 0.351. The SMILES string of the molecule is Cc1cccc(-c2nc3ccccn3c2-c2ccnc(NCCCCNC(=O)OC(C)(C)C)n2)n1. The van der Waals surface area contributed by atoms with Crippen LogP contribution in [0.2, 0.25) is 0 Å². The number of rotatable bonds is 8. The predicted octanol–water partition coefficient (Wildman–Crippen LogP) is 4.88. The number of amides is 1. The van der Waals surface area contributed by atoms with Crippen molar-refractivity contribution in [1.82, 2.24) is 29.7 Å². The Labute approximate surface area is 205 Å². The van der Waals surface area contributed by atoms with Crippen LogP contribution in [-0.4, -0.2) is 49.1 Å². The molecule has 35 heavy (non-hydrogen) atoms. The largest absolute Gasteiger partial charge is 0.444 e. The van der Waals surface area contributed by atoms with Crippen LogP contribution in [-0.2, 0) is 4.74 Å². The average Bonchev–Trinajstić information content (AvgIpc) is 3.20. The molecule has 4 rings (SSSR count). The number of pyridine rings is 2. The second-order valence-electron chi connectivity index (χ2n) is 9.23. The molecule has 0 atom stereocenters. The van der Waals surface area contributed by atoms with E-state index in [4.69, 9.17) is 14.7 Å². The molecule has 1 amide bonds. The van der Waals surface area contributed by atoms with Gasteiger partial charge in [0.25, 0.3) is 0 Å². The van der Waals surface area contributed by atoms with Crippen molar-refractivity contribution in [3.8, 4) is 22.8 Å². The molecule has 0 saturated heterocycles. The van der Waals surface area contributed by atoms with Gasteiger partial charge >= 0.3 is 6.09 Å². The minimum Gasteiger partial charge on any atom is -0.444 e. The average molecular weight is 474 g/mol. The number of ether oxygens (including phenoxy) is 1. The lowest BCUT2D eigenvalue weighted by Gasteiger charge is -2.19. The molecule has 0 saturated carbocycles. The van der Waals surface area contributed by atoms with Crippen molar-refractivity contribution in [2.45, 2.75) is 46.1 Å². The number of hydrogen-bond donors (Lipinski definition) is 2. The third kappa shape index (κ3) is 6.32. The first-order valence-electron chi connectivity index (χ1n) is 11.8. The zero-order chi connectivity index (χ0) is 24.8. The summed E-state index contributed by atoms with van der Waals surface area (Å²) in [4.78, 5) is 30.4. The van der Waals surface area contributed by atoms with Crippen LogP contribution in [0.15, 0.2) is 54.9 Å². The van der Waals surface area contributed by atoms with Crippen LogP contribution in [0.1, 0.15) is 39.3 Å². The number of imidazole rings is 1. The maximum atomic E-state index is 11.7. The fourth-order valence-electron chi connectivity index (χ4n) is 3.62. The van der Waals surface area contributed by atoms with Crippen LogP contribution < -0.4 is 10.6 Å². The molecule has 0 spiro atoms. The summed E-state index contributed by atoms with van der Waals surface area (Å²) in [5, 5.41) is 6.05. The van der Waals surface area contributed by atoms with Gasteiger partial charge in [0.2, 0.25) is 5.95 Å². The molecule has 9 nitrogen and oxygen atoms in total. The minimum absolute atomic E-state index is 0.395. The summed E-state index contributed by atoms with van der Waals surface area (Å²) in [5.74, 6) is 0.539. The molecule has 0 aliphatic carbocycles. The molecule has 4 aromatic rings. The lowest BCUT2D eigenvalue weighted by atomic mass is 10.1. The number of aryl methyl sites for hydroxylation is 1. The number of unbranched alkanes of at least 4 members (excludes halogenated alkanes) is 1. The Morgan fingerprint density at radius 3 is 2.60 bits per heavy atom. The van der Waals surface area contributed by atoms with Crippen LogP contribution in [0, 0.1) is 6.92 Å². The first-order valence-corrected chi connectivity index (χ1v) is 11.8. The molecule has 0 unspecified atom stereocenters. The number of hydrogen-bond acceptors (Lipinski definition) is 7. The number of carbonyl (C=O) groups is 1. The van der Waals surface area contributed by atoms with E-state index in [2.05, 4.69) is 20.6 Å². The van der Waals surface area contributed by atoms with Crippen molar-refractivity contribution in [3.63, 3.8) is 0 Å². The number of anilines is 1. The maximum absolute atomic E-state index is 11.7. The van der Waals surface area contributed by atoms with E-state index < -0.39 is 11.7 Å². The molecule has 4 aromatic heterocycles. The molecular weight excluding hydrogens is 442 g/mol. The van der Waals surface area contributed by atoms with E-state index in [-0.39, 0.29) is 0 Å². The highest BCUT2D eigenvalue weighted by Crippen LogP contribution is 2.31. The Balaban J connectivity index is 1.44. The lowest BCUT2D eigenvalue weighted by Crippen LogP contribution is -2.33. The summed E-state index contributed by atoms with van der Waals surface area (Å²) in [6.45, 7) is 8.73. The van der Waals surface area contributed by atoms with Crippen molar-refractivity contribution in [3.05, 3.63) is 60.6 Å². The fraction of sp³-hybridized carbons (Fsp3) is 0.346. The fourth-order valence-corrected chi connectivity index (χ4v) is 3.62. The van der Waals surface area contributed by atoms with Gasteiger partial charge in [-0.3, -0.25) is 9.38 Å². The Bertz CT molecular complexity index is 1310. The first kappa shape index (κ1) is 24.1. The van der Waals surface area contributed by atoms with E-state index in [1.807, 2.05) is 80.8 Å². The Kier molecular flexibility index (Phi) is 7.24. The Morgan fingerprint density at radius 2 is 1.80 bits per heavy atom. The summed E-state index contributed by atoms with van der Waals surface area (Å²) in [5.41, 5.74) is 4.46. The molecule has 0 aromatic carbocycles. The van der Waals surface area contributed by atoms with Crippen LogP contribution >= 0.6 is 0 Å². The number of aromatic nitrogens is 5.